The Morgan fingerprint density at radius 1 is 1.26 bits per heavy atom. The molecule has 0 spiro atoms. The summed E-state index contributed by atoms with van der Waals surface area (Å²) in [6.45, 7) is 2.60. The van der Waals surface area contributed by atoms with Crippen molar-refractivity contribution in [3.63, 3.8) is 0 Å². The van der Waals surface area contributed by atoms with Gasteiger partial charge in [0.2, 0.25) is 11.8 Å². The average Bonchev–Trinajstić information content (AvgIpc) is 3.53. The molecule has 1 fully saturated rings. The van der Waals surface area contributed by atoms with Crippen LogP contribution in [-0.4, -0.2) is 23.3 Å². The van der Waals surface area contributed by atoms with Gasteiger partial charge in [0.25, 0.3) is 0 Å². The number of aromatic nitrogens is 1. The van der Waals surface area contributed by atoms with Gasteiger partial charge in [-0.1, -0.05) is 12.1 Å². The van der Waals surface area contributed by atoms with Crippen molar-refractivity contribution in [3.8, 4) is 0 Å². The SMILES string of the molecule is C[C@@H](C(=O)Nc1ccc(F)cn1)c1ccc2c(c1)CCCN2C(=O)C1CC1. The number of carbonyl (C=O) groups is 2. The van der Waals surface area contributed by atoms with Crippen molar-refractivity contribution in [1.82, 2.24) is 4.98 Å². The molecule has 1 aliphatic heterocycles. The number of fused-ring (bicyclic) bond motifs is 1. The molecule has 2 aromatic rings. The monoisotopic (exact) mass is 367 g/mol. The Hall–Kier alpha value is -2.76. The number of nitrogens with one attached hydrogen (secondary N) is 1. The molecule has 5 nitrogen and oxygen atoms in total. The van der Waals surface area contributed by atoms with Crippen LogP contribution in [0.2, 0.25) is 0 Å². The van der Waals surface area contributed by atoms with Crippen molar-refractivity contribution in [2.75, 3.05) is 16.8 Å². The number of amides is 2. The molecule has 4 rings (SSSR count). The van der Waals surface area contributed by atoms with Gasteiger partial charge >= 0.3 is 0 Å². The van der Waals surface area contributed by atoms with Crippen molar-refractivity contribution in [2.45, 2.75) is 38.5 Å². The van der Waals surface area contributed by atoms with E-state index in [1.54, 1.807) is 0 Å². The lowest BCUT2D eigenvalue weighted by molar-refractivity contribution is -0.120. The number of hydrogen-bond acceptors (Lipinski definition) is 3. The Morgan fingerprint density at radius 3 is 2.78 bits per heavy atom. The predicted octanol–water partition coefficient (Wildman–Crippen LogP) is 3.65. The van der Waals surface area contributed by atoms with E-state index in [9.17, 15) is 14.0 Å². The Balaban J connectivity index is 1.51. The summed E-state index contributed by atoms with van der Waals surface area (Å²) < 4.78 is 12.9. The minimum atomic E-state index is -0.443. The van der Waals surface area contributed by atoms with Gasteiger partial charge < -0.3 is 10.2 Å². The highest BCUT2D eigenvalue weighted by molar-refractivity contribution is 5.98. The first-order chi connectivity index (χ1) is 13.0. The topological polar surface area (TPSA) is 62.3 Å². The fourth-order valence-corrected chi connectivity index (χ4v) is 3.50. The Bertz CT molecular complexity index is 877. The maximum absolute atomic E-state index is 12.9. The van der Waals surface area contributed by atoms with Crippen LogP contribution >= 0.6 is 0 Å². The van der Waals surface area contributed by atoms with Crippen molar-refractivity contribution in [1.29, 1.82) is 0 Å². The molecule has 2 aliphatic rings. The zero-order chi connectivity index (χ0) is 19.0. The number of anilines is 2. The fourth-order valence-electron chi connectivity index (χ4n) is 3.50. The third kappa shape index (κ3) is 3.70. The smallest absolute Gasteiger partial charge is 0.232 e. The van der Waals surface area contributed by atoms with Crippen LogP contribution in [0.5, 0.6) is 0 Å². The van der Waals surface area contributed by atoms with E-state index in [1.807, 2.05) is 30.0 Å². The normalized spacial score (nSPS) is 17.2. The van der Waals surface area contributed by atoms with Crippen LogP contribution in [0.1, 0.15) is 43.2 Å². The molecule has 0 radical (unpaired) electrons. The first-order valence-corrected chi connectivity index (χ1v) is 9.39. The van der Waals surface area contributed by atoms with Crippen LogP contribution in [0.15, 0.2) is 36.5 Å². The van der Waals surface area contributed by atoms with E-state index in [4.69, 9.17) is 0 Å². The van der Waals surface area contributed by atoms with Gasteiger partial charge in [-0.3, -0.25) is 9.59 Å². The summed E-state index contributed by atoms with van der Waals surface area (Å²) in [5.41, 5.74) is 3.00. The van der Waals surface area contributed by atoms with E-state index < -0.39 is 5.82 Å². The molecule has 1 aliphatic carbocycles. The van der Waals surface area contributed by atoms with E-state index in [-0.39, 0.29) is 23.7 Å². The van der Waals surface area contributed by atoms with Gasteiger partial charge in [-0.05, 0) is 61.9 Å². The number of pyridine rings is 1. The van der Waals surface area contributed by atoms with Crippen LogP contribution in [0.4, 0.5) is 15.9 Å². The number of benzene rings is 1. The van der Waals surface area contributed by atoms with E-state index in [0.29, 0.717) is 5.82 Å². The van der Waals surface area contributed by atoms with E-state index >= 15 is 0 Å². The van der Waals surface area contributed by atoms with E-state index in [2.05, 4.69) is 10.3 Å². The fraction of sp³-hybridized carbons (Fsp3) is 0.381. The lowest BCUT2D eigenvalue weighted by Gasteiger charge is -2.30. The highest BCUT2D eigenvalue weighted by Crippen LogP contribution is 2.36. The first-order valence-electron chi connectivity index (χ1n) is 9.39. The Kier molecular flexibility index (Phi) is 4.64. The second-order valence-electron chi connectivity index (χ2n) is 7.33. The molecule has 2 heterocycles. The highest BCUT2D eigenvalue weighted by Gasteiger charge is 2.35. The summed E-state index contributed by atoms with van der Waals surface area (Å²) in [5, 5.41) is 2.72. The third-order valence-corrected chi connectivity index (χ3v) is 5.29. The van der Waals surface area contributed by atoms with Crippen LogP contribution in [-0.2, 0) is 16.0 Å². The summed E-state index contributed by atoms with van der Waals surface area (Å²) in [5.74, 6) is -0.263. The van der Waals surface area contributed by atoms with Crippen molar-refractivity contribution >= 4 is 23.3 Å². The average molecular weight is 367 g/mol. The number of rotatable bonds is 4. The second kappa shape index (κ2) is 7.10. The zero-order valence-electron chi connectivity index (χ0n) is 15.2. The number of aryl methyl sites for hydroxylation is 1. The van der Waals surface area contributed by atoms with Gasteiger partial charge in [-0.15, -0.1) is 0 Å². The van der Waals surface area contributed by atoms with E-state index in [1.165, 1.54) is 12.1 Å². The molecular weight excluding hydrogens is 345 g/mol. The Morgan fingerprint density at radius 2 is 2.07 bits per heavy atom. The maximum Gasteiger partial charge on any atom is 0.232 e. The lowest BCUT2D eigenvalue weighted by atomic mass is 9.93. The number of nitrogens with zero attached hydrogens (tertiary/aromatic N) is 2. The van der Waals surface area contributed by atoms with Gasteiger partial charge in [0.15, 0.2) is 0 Å². The Labute approximate surface area is 157 Å². The maximum atomic E-state index is 12.9. The van der Waals surface area contributed by atoms with Crippen molar-refractivity contribution in [3.05, 3.63) is 53.5 Å². The lowest BCUT2D eigenvalue weighted by Crippen LogP contribution is -2.36. The first kappa shape index (κ1) is 17.6. The molecular formula is C21H22FN3O2. The largest absolute Gasteiger partial charge is 0.312 e. The molecule has 1 aromatic heterocycles. The quantitative estimate of drug-likeness (QED) is 0.897. The highest BCUT2D eigenvalue weighted by atomic mass is 19.1. The molecule has 27 heavy (non-hydrogen) atoms. The molecule has 0 unspecified atom stereocenters. The molecule has 1 atom stereocenters. The molecule has 1 aromatic carbocycles. The van der Waals surface area contributed by atoms with Gasteiger partial charge in [-0.25, -0.2) is 9.37 Å². The minimum absolute atomic E-state index is 0.198. The van der Waals surface area contributed by atoms with Crippen LogP contribution in [0, 0.1) is 11.7 Å². The van der Waals surface area contributed by atoms with Crippen molar-refractivity contribution < 1.29 is 14.0 Å². The number of hydrogen-bond donors (Lipinski definition) is 1. The molecule has 6 heteroatoms. The summed E-state index contributed by atoms with van der Waals surface area (Å²) in [7, 11) is 0. The second-order valence-corrected chi connectivity index (χ2v) is 7.33. The molecule has 1 saturated carbocycles. The minimum Gasteiger partial charge on any atom is -0.312 e. The molecule has 2 amide bonds. The van der Waals surface area contributed by atoms with Crippen LogP contribution < -0.4 is 10.2 Å². The molecule has 140 valence electrons. The van der Waals surface area contributed by atoms with Crippen molar-refractivity contribution in [2.24, 2.45) is 5.92 Å². The van der Waals surface area contributed by atoms with Gasteiger partial charge in [0, 0.05) is 18.2 Å². The van der Waals surface area contributed by atoms with Gasteiger partial charge in [0.05, 0.1) is 12.1 Å². The van der Waals surface area contributed by atoms with Crippen LogP contribution in [0.25, 0.3) is 0 Å². The standard InChI is InChI=1S/C21H22FN3O2/c1-13(20(26)24-19-9-7-17(22)12-23-19)15-6-8-18-16(11-15)3-2-10-25(18)21(27)14-4-5-14/h6-9,11-14H,2-5,10H2,1H3,(H,23,24,26)/t13-/m1/s1. The summed E-state index contributed by atoms with van der Waals surface area (Å²) in [4.78, 5) is 30.8. The number of halogens is 1. The summed E-state index contributed by atoms with van der Waals surface area (Å²) in [6, 6.07) is 8.61. The van der Waals surface area contributed by atoms with Gasteiger partial charge in [-0.2, -0.15) is 0 Å². The van der Waals surface area contributed by atoms with Gasteiger partial charge in [0.1, 0.15) is 11.6 Å². The summed E-state index contributed by atoms with van der Waals surface area (Å²) >= 11 is 0. The van der Waals surface area contributed by atoms with Crippen LogP contribution in [0.3, 0.4) is 0 Å². The third-order valence-electron chi connectivity index (χ3n) is 5.29. The molecule has 0 saturated heterocycles. The number of carbonyl (C=O) groups excluding carboxylic acids is 2. The predicted molar refractivity (Wildman–Crippen MR) is 101 cm³/mol. The van der Waals surface area contributed by atoms with E-state index in [0.717, 1.165) is 55.2 Å². The summed E-state index contributed by atoms with van der Waals surface area (Å²) in [6.07, 6.45) is 4.92. The molecule has 0 bridgehead atoms. The molecule has 1 N–H and O–H groups in total. The zero-order valence-corrected chi connectivity index (χ0v) is 15.2.